The van der Waals surface area contributed by atoms with E-state index in [1.807, 2.05) is 37.3 Å². The van der Waals surface area contributed by atoms with E-state index in [-0.39, 0.29) is 0 Å². The highest BCUT2D eigenvalue weighted by atomic mass is 32.2. The van der Waals surface area contributed by atoms with Crippen LogP contribution in [0.3, 0.4) is 0 Å². The molecule has 0 radical (unpaired) electrons. The Hall–Kier alpha value is -3.38. The largest absolute Gasteiger partial charge is 0.354 e. The minimum Gasteiger partial charge on any atom is -0.354 e. The summed E-state index contributed by atoms with van der Waals surface area (Å²) in [7, 11) is 0. The number of nitrogens with zero attached hydrogens (tertiary/aromatic N) is 3. The van der Waals surface area contributed by atoms with Gasteiger partial charge in [0.25, 0.3) is 0 Å². The van der Waals surface area contributed by atoms with Gasteiger partial charge in [-0.25, -0.2) is 0 Å². The lowest BCUT2D eigenvalue weighted by Gasteiger charge is -2.21. The van der Waals surface area contributed by atoms with Gasteiger partial charge in [-0.1, -0.05) is 54.2 Å². The van der Waals surface area contributed by atoms with Gasteiger partial charge in [-0.2, -0.15) is 10.2 Å². The lowest BCUT2D eigenvalue weighted by Crippen LogP contribution is -2.05. The number of nitrogens with one attached hydrogen (secondary N) is 2. The molecule has 28 heavy (non-hydrogen) atoms. The van der Waals surface area contributed by atoms with Crippen LogP contribution in [0.5, 0.6) is 0 Å². The van der Waals surface area contributed by atoms with Gasteiger partial charge < -0.3 is 5.32 Å². The molecule has 6 heteroatoms. The zero-order chi connectivity index (χ0) is 18.9. The van der Waals surface area contributed by atoms with Gasteiger partial charge in [-0.15, -0.1) is 5.10 Å². The van der Waals surface area contributed by atoms with Crippen LogP contribution in [0.2, 0.25) is 0 Å². The molecule has 4 aromatic rings. The number of fused-ring (bicyclic) bond motifs is 3. The Labute approximate surface area is 166 Å². The molecule has 0 bridgehead atoms. The fourth-order valence-corrected chi connectivity index (χ4v) is 4.14. The van der Waals surface area contributed by atoms with Gasteiger partial charge in [0.1, 0.15) is 0 Å². The lowest BCUT2D eigenvalue weighted by atomic mass is 10.1. The first-order chi connectivity index (χ1) is 13.8. The highest BCUT2D eigenvalue weighted by molar-refractivity contribution is 7.99. The van der Waals surface area contributed by atoms with Gasteiger partial charge >= 0.3 is 0 Å². The number of para-hydroxylation sites is 1. The predicted octanol–water partition coefficient (Wildman–Crippen LogP) is 5.67. The third-order valence-electron chi connectivity index (χ3n) is 4.67. The van der Waals surface area contributed by atoms with Crippen LogP contribution < -0.4 is 10.7 Å². The smallest absolute Gasteiger partial charge is 0.176 e. The number of hydrazone groups is 1. The molecule has 0 spiro atoms. The molecule has 5 rings (SSSR count). The number of anilines is 3. The molecule has 0 amide bonds. The average Bonchev–Trinajstić information content (AvgIpc) is 2.75. The summed E-state index contributed by atoms with van der Waals surface area (Å²) < 4.78 is 0. The summed E-state index contributed by atoms with van der Waals surface area (Å²) in [6, 6.07) is 22.7. The average molecular weight is 383 g/mol. The normalized spacial score (nSPS) is 12.8. The molecule has 1 aliphatic rings. The van der Waals surface area contributed by atoms with Gasteiger partial charge in [-0.3, -0.25) is 5.43 Å². The molecule has 3 aromatic carbocycles. The summed E-state index contributed by atoms with van der Waals surface area (Å²) in [6.45, 7) is 1.98. The van der Waals surface area contributed by atoms with Crippen LogP contribution in [0.1, 0.15) is 12.5 Å². The molecule has 136 valence electrons. The van der Waals surface area contributed by atoms with Crippen LogP contribution in [0, 0.1) is 0 Å². The second-order valence-electron chi connectivity index (χ2n) is 6.52. The number of hydrogen-bond acceptors (Lipinski definition) is 6. The Morgan fingerprint density at radius 2 is 1.79 bits per heavy atom. The van der Waals surface area contributed by atoms with E-state index in [0.29, 0.717) is 5.82 Å². The molecule has 0 saturated heterocycles. The van der Waals surface area contributed by atoms with E-state index in [2.05, 4.69) is 62.4 Å². The number of benzene rings is 3. The zero-order valence-electron chi connectivity index (χ0n) is 15.2. The quantitative estimate of drug-likeness (QED) is 0.310. The summed E-state index contributed by atoms with van der Waals surface area (Å²) >= 11 is 1.78. The topological polar surface area (TPSA) is 62.2 Å². The van der Waals surface area contributed by atoms with E-state index >= 15 is 0 Å². The molecule has 0 atom stereocenters. The molecule has 2 N–H and O–H groups in total. The lowest BCUT2D eigenvalue weighted by molar-refractivity contribution is 1.04. The van der Waals surface area contributed by atoms with Crippen LogP contribution >= 0.6 is 11.8 Å². The van der Waals surface area contributed by atoms with Crippen molar-refractivity contribution in [3.8, 4) is 0 Å². The van der Waals surface area contributed by atoms with E-state index in [9.17, 15) is 0 Å². The van der Waals surface area contributed by atoms with Crippen molar-refractivity contribution in [2.45, 2.75) is 16.7 Å². The SMILES string of the molecule is C/C(=N/Nc1nncc2ccccc12)c1ccc2c(c1)Nc1ccccc1S2. The van der Waals surface area contributed by atoms with Crippen LogP contribution in [0.15, 0.2) is 87.8 Å². The fourth-order valence-electron chi connectivity index (χ4n) is 3.18. The van der Waals surface area contributed by atoms with E-state index in [0.717, 1.165) is 33.4 Å². The Balaban J connectivity index is 1.42. The van der Waals surface area contributed by atoms with Crippen molar-refractivity contribution in [3.63, 3.8) is 0 Å². The maximum absolute atomic E-state index is 4.54. The molecule has 2 heterocycles. The third kappa shape index (κ3) is 3.08. The minimum atomic E-state index is 0.651. The Morgan fingerprint density at radius 1 is 0.964 bits per heavy atom. The first-order valence-corrected chi connectivity index (χ1v) is 9.79. The van der Waals surface area contributed by atoms with Crippen molar-refractivity contribution < 1.29 is 0 Å². The Bertz CT molecular complexity index is 1210. The van der Waals surface area contributed by atoms with Crippen molar-refractivity contribution in [2.75, 3.05) is 10.7 Å². The van der Waals surface area contributed by atoms with E-state index < -0.39 is 0 Å². The van der Waals surface area contributed by atoms with Gasteiger partial charge in [0.15, 0.2) is 5.82 Å². The second-order valence-corrected chi connectivity index (χ2v) is 7.61. The van der Waals surface area contributed by atoms with Crippen molar-refractivity contribution in [1.82, 2.24) is 10.2 Å². The van der Waals surface area contributed by atoms with Crippen molar-refractivity contribution in [2.24, 2.45) is 5.10 Å². The van der Waals surface area contributed by atoms with Crippen molar-refractivity contribution in [3.05, 3.63) is 78.5 Å². The van der Waals surface area contributed by atoms with E-state index in [1.165, 1.54) is 9.79 Å². The van der Waals surface area contributed by atoms with Gasteiger partial charge in [0, 0.05) is 20.6 Å². The Morgan fingerprint density at radius 3 is 2.75 bits per heavy atom. The number of aromatic nitrogens is 2. The molecular weight excluding hydrogens is 366 g/mol. The summed E-state index contributed by atoms with van der Waals surface area (Å²) in [5.74, 6) is 0.651. The fraction of sp³-hybridized carbons (Fsp3) is 0.0455. The molecule has 1 aliphatic heterocycles. The molecular formula is C22H17N5S. The van der Waals surface area contributed by atoms with Gasteiger partial charge in [-0.05, 0) is 36.8 Å². The van der Waals surface area contributed by atoms with E-state index in [4.69, 9.17) is 0 Å². The van der Waals surface area contributed by atoms with Crippen LogP contribution in [0.25, 0.3) is 10.8 Å². The van der Waals surface area contributed by atoms with Gasteiger partial charge in [0.05, 0.1) is 23.3 Å². The summed E-state index contributed by atoms with van der Waals surface area (Å²) in [5, 5.41) is 18.3. The third-order valence-corrected chi connectivity index (χ3v) is 5.83. The van der Waals surface area contributed by atoms with Gasteiger partial charge in [0.2, 0.25) is 0 Å². The minimum absolute atomic E-state index is 0.651. The van der Waals surface area contributed by atoms with Crippen molar-refractivity contribution in [1.29, 1.82) is 0 Å². The molecule has 0 aliphatic carbocycles. The first kappa shape index (κ1) is 16.8. The maximum atomic E-state index is 4.54. The molecule has 5 nitrogen and oxygen atoms in total. The second kappa shape index (κ2) is 6.98. The number of hydrogen-bond donors (Lipinski definition) is 2. The Kier molecular flexibility index (Phi) is 4.18. The van der Waals surface area contributed by atoms with Crippen LogP contribution in [-0.2, 0) is 0 Å². The predicted molar refractivity (Wildman–Crippen MR) is 116 cm³/mol. The summed E-state index contributed by atoms with van der Waals surface area (Å²) in [5.41, 5.74) is 7.23. The van der Waals surface area contributed by atoms with Crippen LogP contribution in [-0.4, -0.2) is 15.9 Å². The summed E-state index contributed by atoms with van der Waals surface area (Å²) in [4.78, 5) is 2.45. The molecule has 0 saturated carbocycles. The standard InChI is InChI=1S/C22H17N5S/c1-14(25-27-22-17-7-3-2-6-16(17)13-23-26-22)15-10-11-21-19(12-15)24-18-8-4-5-9-20(18)28-21/h2-13,24H,1H3,(H,26,27)/b25-14-. The first-order valence-electron chi connectivity index (χ1n) is 8.97. The molecule has 0 unspecified atom stereocenters. The molecule has 0 fully saturated rings. The molecule has 1 aromatic heterocycles. The highest BCUT2D eigenvalue weighted by Crippen LogP contribution is 2.44. The van der Waals surface area contributed by atoms with Crippen molar-refractivity contribution >= 4 is 45.4 Å². The van der Waals surface area contributed by atoms with Crippen LogP contribution in [0.4, 0.5) is 17.2 Å². The zero-order valence-corrected chi connectivity index (χ0v) is 16.0. The maximum Gasteiger partial charge on any atom is 0.176 e. The highest BCUT2D eigenvalue weighted by Gasteiger charge is 2.15. The van der Waals surface area contributed by atoms with E-state index in [1.54, 1.807) is 18.0 Å². The monoisotopic (exact) mass is 383 g/mol. The summed E-state index contributed by atoms with van der Waals surface area (Å²) in [6.07, 6.45) is 1.75. The number of rotatable bonds is 3.